The highest BCUT2D eigenvalue weighted by molar-refractivity contribution is 5.89. The molecule has 4 nitrogen and oxygen atoms in total. The van der Waals surface area contributed by atoms with Crippen molar-refractivity contribution in [2.75, 3.05) is 18.4 Å². The smallest absolute Gasteiger partial charge is 0.321 e. The third-order valence-electron chi connectivity index (χ3n) is 3.43. The first-order chi connectivity index (χ1) is 10.7. The third-order valence-corrected chi connectivity index (χ3v) is 3.43. The monoisotopic (exact) mass is 293 g/mol. The minimum Gasteiger partial charge on any atom is -0.324 e. The molecule has 0 saturated heterocycles. The lowest BCUT2D eigenvalue weighted by Crippen LogP contribution is -2.36. The number of amides is 2. The van der Waals surface area contributed by atoms with Gasteiger partial charge in [-0.15, -0.1) is 0 Å². The maximum atomic E-state index is 12.3. The molecule has 0 aliphatic rings. The number of hydrogen-bond acceptors (Lipinski definition) is 2. The number of nitriles is 1. The fourth-order valence-electron chi connectivity index (χ4n) is 2.18. The lowest BCUT2D eigenvalue weighted by atomic mass is 10.1. The van der Waals surface area contributed by atoms with Crippen LogP contribution in [-0.2, 0) is 6.42 Å². The van der Waals surface area contributed by atoms with Gasteiger partial charge in [-0.1, -0.05) is 36.4 Å². The Labute approximate surface area is 131 Å². The predicted octanol–water partition coefficient (Wildman–Crippen LogP) is 3.65. The molecule has 0 heterocycles. The summed E-state index contributed by atoms with van der Waals surface area (Å²) in [4.78, 5) is 14.1. The molecule has 4 heteroatoms. The van der Waals surface area contributed by atoms with Gasteiger partial charge in [-0.3, -0.25) is 0 Å². The molecule has 0 bridgehead atoms. The molecule has 0 unspecified atom stereocenters. The minimum absolute atomic E-state index is 0.145. The molecule has 0 radical (unpaired) electrons. The summed E-state index contributed by atoms with van der Waals surface area (Å²) in [6.07, 6.45) is 0.820. The zero-order valence-electron chi connectivity index (χ0n) is 12.6. The quantitative estimate of drug-likeness (QED) is 0.914. The normalized spacial score (nSPS) is 9.82. The molecule has 0 aliphatic heterocycles. The first-order valence-electron chi connectivity index (χ1n) is 7.33. The number of anilines is 1. The molecule has 0 saturated carbocycles. The highest BCUT2D eigenvalue weighted by Crippen LogP contribution is 2.11. The van der Waals surface area contributed by atoms with Crippen LogP contribution in [0.2, 0.25) is 0 Å². The van der Waals surface area contributed by atoms with Crippen LogP contribution in [-0.4, -0.2) is 24.0 Å². The maximum Gasteiger partial charge on any atom is 0.321 e. The van der Waals surface area contributed by atoms with Crippen molar-refractivity contribution < 1.29 is 4.79 Å². The summed E-state index contributed by atoms with van der Waals surface area (Å²) >= 11 is 0. The van der Waals surface area contributed by atoms with Crippen molar-refractivity contribution in [1.82, 2.24) is 4.90 Å². The molecule has 0 fully saturated rings. The number of hydrogen-bond donors (Lipinski definition) is 1. The second kappa shape index (κ2) is 7.84. The molecular weight excluding hydrogens is 274 g/mol. The lowest BCUT2D eigenvalue weighted by molar-refractivity contribution is 0.215. The summed E-state index contributed by atoms with van der Waals surface area (Å²) in [5.41, 5.74) is 2.38. The highest BCUT2D eigenvalue weighted by atomic mass is 16.2. The van der Waals surface area contributed by atoms with E-state index < -0.39 is 0 Å². The molecule has 2 amide bonds. The molecule has 0 atom stereocenters. The Morgan fingerprint density at radius 1 is 1.18 bits per heavy atom. The van der Waals surface area contributed by atoms with Gasteiger partial charge in [0.1, 0.15) is 0 Å². The van der Waals surface area contributed by atoms with Gasteiger partial charge >= 0.3 is 6.03 Å². The van der Waals surface area contributed by atoms with E-state index in [9.17, 15) is 4.79 Å². The minimum atomic E-state index is -0.145. The van der Waals surface area contributed by atoms with Gasteiger partial charge in [0.05, 0.1) is 11.6 Å². The van der Waals surface area contributed by atoms with Gasteiger partial charge in [0.2, 0.25) is 0 Å². The summed E-state index contributed by atoms with van der Waals surface area (Å²) in [6.45, 7) is 3.25. The van der Waals surface area contributed by atoms with Crippen molar-refractivity contribution in [1.29, 1.82) is 5.26 Å². The molecule has 112 valence electrons. The van der Waals surface area contributed by atoms with Crippen LogP contribution in [0.5, 0.6) is 0 Å². The third kappa shape index (κ3) is 4.35. The van der Waals surface area contributed by atoms with E-state index >= 15 is 0 Å². The number of carbonyl (C=O) groups is 1. The standard InChI is InChI=1S/C18H19N3O/c1-2-21(12-11-15-7-4-3-5-8-15)18(22)20-17-10-6-9-16(13-17)14-19/h3-10,13H,2,11-12H2,1H3,(H,20,22). The fraction of sp³-hybridized carbons (Fsp3) is 0.222. The van der Waals surface area contributed by atoms with Crippen LogP contribution in [0.25, 0.3) is 0 Å². The van der Waals surface area contributed by atoms with Crippen LogP contribution < -0.4 is 5.32 Å². The van der Waals surface area contributed by atoms with E-state index in [0.29, 0.717) is 24.3 Å². The van der Waals surface area contributed by atoms with E-state index in [2.05, 4.69) is 23.5 Å². The molecule has 22 heavy (non-hydrogen) atoms. The first kappa shape index (κ1) is 15.6. The van der Waals surface area contributed by atoms with Crippen LogP contribution in [0.15, 0.2) is 54.6 Å². The van der Waals surface area contributed by atoms with Crippen molar-refractivity contribution in [3.05, 3.63) is 65.7 Å². The number of urea groups is 1. The van der Waals surface area contributed by atoms with E-state index in [1.165, 1.54) is 5.56 Å². The van der Waals surface area contributed by atoms with Gasteiger partial charge in [0.25, 0.3) is 0 Å². The second-order valence-corrected chi connectivity index (χ2v) is 4.94. The van der Waals surface area contributed by atoms with E-state index in [0.717, 1.165) is 6.42 Å². The molecule has 1 N–H and O–H groups in total. The Hall–Kier alpha value is -2.80. The first-order valence-corrected chi connectivity index (χ1v) is 7.33. The fourth-order valence-corrected chi connectivity index (χ4v) is 2.18. The molecular formula is C18H19N3O. The topological polar surface area (TPSA) is 56.1 Å². The summed E-state index contributed by atoms with van der Waals surface area (Å²) < 4.78 is 0. The van der Waals surface area contributed by atoms with Crippen molar-refractivity contribution in [3.8, 4) is 6.07 Å². The van der Waals surface area contributed by atoms with E-state index in [1.807, 2.05) is 25.1 Å². The Balaban J connectivity index is 1.95. The molecule has 0 spiro atoms. The lowest BCUT2D eigenvalue weighted by Gasteiger charge is -2.21. The van der Waals surface area contributed by atoms with Crippen LogP contribution in [0, 0.1) is 11.3 Å². The van der Waals surface area contributed by atoms with E-state index in [-0.39, 0.29) is 6.03 Å². The van der Waals surface area contributed by atoms with Crippen molar-refractivity contribution in [2.45, 2.75) is 13.3 Å². The maximum absolute atomic E-state index is 12.3. The second-order valence-electron chi connectivity index (χ2n) is 4.94. The summed E-state index contributed by atoms with van der Waals surface area (Å²) in [6, 6.07) is 18.9. The number of rotatable bonds is 5. The molecule has 0 aliphatic carbocycles. The van der Waals surface area contributed by atoms with E-state index in [4.69, 9.17) is 5.26 Å². The van der Waals surface area contributed by atoms with Gasteiger partial charge < -0.3 is 10.2 Å². The largest absolute Gasteiger partial charge is 0.324 e. The molecule has 2 aromatic carbocycles. The predicted molar refractivity (Wildman–Crippen MR) is 87.6 cm³/mol. The Kier molecular flexibility index (Phi) is 5.56. The highest BCUT2D eigenvalue weighted by Gasteiger charge is 2.11. The average Bonchev–Trinajstić information content (AvgIpc) is 2.56. The van der Waals surface area contributed by atoms with Gasteiger partial charge in [-0.05, 0) is 37.1 Å². The Morgan fingerprint density at radius 2 is 1.95 bits per heavy atom. The number of benzene rings is 2. The number of carbonyl (C=O) groups excluding carboxylic acids is 1. The van der Waals surface area contributed by atoms with Crippen molar-refractivity contribution in [3.63, 3.8) is 0 Å². The zero-order valence-corrected chi connectivity index (χ0v) is 12.6. The summed E-state index contributed by atoms with van der Waals surface area (Å²) in [5, 5.41) is 11.7. The number of nitrogens with zero attached hydrogens (tertiary/aromatic N) is 2. The van der Waals surface area contributed by atoms with Crippen LogP contribution >= 0.6 is 0 Å². The van der Waals surface area contributed by atoms with Gasteiger partial charge in [-0.25, -0.2) is 4.79 Å². The average molecular weight is 293 g/mol. The summed E-state index contributed by atoms with van der Waals surface area (Å²) in [5.74, 6) is 0. The zero-order chi connectivity index (χ0) is 15.8. The summed E-state index contributed by atoms with van der Waals surface area (Å²) in [7, 11) is 0. The van der Waals surface area contributed by atoms with Gasteiger partial charge in [0.15, 0.2) is 0 Å². The molecule has 2 aromatic rings. The van der Waals surface area contributed by atoms with Crippen molar-refractivity contribution >= 4 is 11.7 Å². The molecule has 2 rings (SSSR count). The Morgan fingerprint density at radius 3 is 2.64 bits per heavy atom. The SMILES string of the molecule is CCN(CCc1ccccc1)C(=O)Nc1cccc(C#N)c1. The van der Waals surface area contributed by atoms with Crippen molar-refractivity contribution in [2.24, 2.45) is 0 Å². The van der Waals surface area contributed by atoms with Gasteiger partial charge in [-0.2, -0.15) is 5.26 Å². The van der Waals surface area contributed by atoms with Gasteiger partial charge in [0, 0.05) is 18.8 Å². The van der Waals surface area contributed by atoms with Crippen LogP contribution in [0.4, 0.5) is 10.5 Å². The van der Waals surface area contributed by atoms with E-state index in [1.54, 1.807) is 29.2 Å². The van der Waals surface area contributed by atoms with Crippen LogP contribution in [0.3, 0.4) is 0 Å². The Bertz CT molecular complexity index is 662. The number of nitrogens with one attached hydrogen (secondary N) is 1. The number of likely N-dealkylation sites (N-methyl/N-ethyl adjacent to an activating group) is 1. The molecule has 0 aromatic heterocycles. The van der Waals surface area contributed by atoms with Crippen LogP contribution in [0.1, 0.15) is 18.1 Å².